The van der Waals surface area contributed by atoms with E-state index in [4.69, 9.17) is 13.8 Å². The van der Waals surface area contributed by atoms with Crippen molar-refractivity contribution < 1.29 is 35.5 Å². The van der Waals surface area contributed by atoms with E-state index in [0.29, 0.717) is 11.0 Å². The lowest BCUT2D eigenvalue weighted by Crippen LogP contribution is -2.04. The summed E-state index contributed by atoms with van der Waals surface area (Å²) in [5, 5.41) is 0.504. The molecule has 0 spiro atoms. The molecule has 0 aliphatic carbocycles. The Labute approximate surface area is 200 Å². The number of ether oxygens (including phenoxy) is 1. The number of carbonyl (C=O) groups excluding carboxylic acids is 1. The second-order valence-corrected chi connectivity index (χ2v) is 9.90. The minimum atomic E-state index is -4.30. The topological polar surface area (TPSA) is 135 Å². The molecular weight excluding hydrogens is 480 g/mol. The standard InChI is InChI=1S/C15H18O.C9H10O7S2/c1-5-7-13(6-2)15(16)14-10-11(3)8-9-12(14)4;1-7(6-17(10,11)12)16-8-2-4-9(5-3-8)18(13,14)15/h6-10H,2,5H2,1,3-4H3;2-6H,1H3,(H,10,11,12)(H,13,14,15)/b13-7+;7-6-. The highest BCUT2D eigenvalue weighted by Crippen LogP contribution is 2.18. The van der Waals surface area contributed by atoms with E-state index in [1.807, 2.05) is 45.0 Å². The van der Waals surface area contributed by atoms with Gasteiger partial charge < -0.3 is 4.74 Å². The van der Waals surface area contributed by atoms with Crippen LogP contribution in [0.3, 0.4) is 0 Å². The Morgan fingerprint density at radius 2 is 1.62 bits per heavy atom. The first-order valence-corrected chi connectivity index (χ1v) is 13.0. The van der Waals surface area contributed by atoms with Gasteiger partial charge in [-0.1, -0.05) is 43.4 Å². The molecule has 184 valence electrons. The van der Waals surface area contributed by atoms with Crippen molar-refractivity contribution in [1.82, 2.24) is 0 Å². The molecule has 0 bridgehead atoms. The molecule has 0 aliphatic heterocycles. The maximum absolute atomic E-state index is 12.2. The Kier molecular flexibility index (Phi) is 10.6. The third kappa shape index (κ3) is 9.84. The minimum absolute atomic E-state index is 0.0676. The maximum Gasteiger partial charge on any atom is 0.294 e. The van der Waals surface area contributed by atoms with Crippen LogP contribution in [-0.4, -0.2) is 31.7 Å². The normalized spacial score (nSPS) is 12.4. The van der Waals surface area contributed by atoms with Crippen LogP contribution in [0.15, 0.2) is 82.8 Å². The van der Waals surface area contributed by atoms with Crippen LogP contribution in [0.4, 0.5) is 0 Å². The maximum atomic E-state index is 12.2. The molecule has 2 aromatic carbocycles. The Bertz CT molecular complexity index is 1300. The van der Waals surface area contributed by atoms with Gasteiger partial charge >= 0.3 is 0 Å². The van der Waals surface area contributed by atoms with Crippen molar-refractivity contribution in [1.29, 1.82) is 0 Å². The molecule has 0 fully saturated rings. The molecular formula is C24H28O8S2. The van der Waals surface area contributed by atoms with E-state index in [1.165, 1.54) is 19.1 Å². The van der Waals surface area contributed by atoms with Gasteiger partial charge in [0.2, 0.25) is 0 Å². The lowest BCUT2D eigenvalue weighted by Gasteiger charge is -2.06. The predicted octanol–water partition coefficient (Wildman–Crippen LogP) is 5.07. The molecule has 0 aliphatic rings. The average molecular weight is 509 g/mol. The fourth-order valence-corrected chi connectivity index (χ4v) is 3.67. The Morgan fingerprint density at radius 1 is 1.03 bits per heavy atom. The van der Waals surface area contributed by atoms with Gasteiger partial charge in [-0.15, -0.1) is 0 Å². The summed E-state index contributed by atoms with van der Waals surface area (Å²) in [6.45, 7) is 11.0. The predicted molar refractivity (Wildman–Crippen MR) is 131 cm³/mol. The van der Waals surface area contributed by atoms with Gasteiger partial charge in [-0.3, -0.25) is 13.9 Å². The second-order valence-electron chi connectivity index (χ2n) is 7.21. The molecule has 0 heterocycles. The first-order chi connectivity index (χ1) is 15.7. The summed E-state index contributed by atoms with van der Waals surface area (Å²) in [6, 6.07) is 10.6. The summed E-state index contributed by atoms with van der Waals surface area (Å²) >= 11 is 0. The zero-order chi connectivity index (χ0) is 26.1. The van der Waals surface area contributed by atoms with E-state index in [0.717, 1.165) is 35.2 Å². The van der Waals surface area contributed by atoms with Crippen LogP contribution in [0, 0.1) is 13.8 Å². The molecule has 0 amide bonds. The number of carbonyl (C=O) groups is 1. The Hall–Kier alpha value is -3.05. The average Bonchev–Trinajstić information content (AvgIpc) is 2.72. The third-order valence-electron chi connectivity index (χ3n) is 4.26. The lowest BCUT2D eigenvalue weighted by molar-refractivity contribution is 0.103. The van der Waals surface area contributed by atoms with Gasteiger partial charge in [0.1, 0.15) is 11.5 Å². The molecule has 0 unspecified atom stereocenters. The number of rotatable bonds is 8. The molecule has 8 nitrogen and oxygen atoms in total. The first kappa shape index (κ1) is 29.0. The number of aryl methyl sites for hydroxylation is 2. The molecule has 0 aromatic heterocycles. The number of hydrogen-bond donors (Lipinski definition) is 2. The van der Waals surface area contributed by atoms with E-state index in [1.54, 1.807) is 6.08 Å². The van der Waals surface area contributed by atoms with Gasteiger partial charge in [0, 0.05) is 11.1 Å². The number of Topliss-reactive ketones (excluding diaryl/α,β-unsaturated/α-hetero) is 1. The Balaban J connectivity index is 0.000000342. The van der Waals surface area contributed by atoms with Crippen molar-refractivity contribution in [3.63, 3.8) is 0 Å². The monoisotopic (exact) mass is 508 g/mol. The summed E-state index contributed by atoms with van der Waals surface area (Å²) in [7, 11) is -8.58. The molecule has 0 atom stereocenters. The van der Waals surface area contributed by atoms with Crippen LogP contribution < -0.4 is 4.74 Å². The van der Waals surface area contributed by atoms with Crippen LogP contribution in [0.25, 0.3) is 0 Å². The van der Waals surface area contributed by atoms with Gasteiger partial charge in [0.15, 0.2) is 5.78 Å². The zero-order valence-electron chi connectivity index (χ0n) is 19.3. The number of allylic oxidation sites excluding steroid dienone is 4. The SMILES string of the molecule is C/C(=C/S(=O)(=O)O)Oc1ccc(S(=O)(=O)O)cc1.C=C/C(=C\CC)C(=O)c1cc(C)ccc1C. The van der Waals surface area contributed by atoms with Crippen molar-refractivity contribution in [2.45, 2.75) is 39.0 Å². The van der Waals surface area contributed by atoms with Crippen LogP contribution in [0.5, 0.6) is 5.75 Å². The van der Waals surface area contributed by atoms with Crippen LogP contribution >= 0.6 is 0 Å². The number of benzene rings is 2. The molecule has 2 rings (SSSR count). The quantitative estimate of drug-likeness (QED) is 0.166. The van der Waals surface area contributed by atoms with E-state index in [2.05, 4.69) is 6.58 Å². The molecule has 10 heteroatoms. The van der Waals surface area contributed by atoms with Crippen LogP contribution in [-0.2, 0) is 20.2 Å². The van der Waals surface area contributed by atoms with Gasteiger partial charge in [0.05, 0.1) is 10.3 Å². The van der Waals surface area contributed by atoms with Crippen molar-refractivity contribution >= 4 is 26.0 Å². The van der Waals surface area contributed by atoms with Crippen molar-refractivity contribution in [2.24, 2.45) is 0 Å². The van der Waals surface area contributed by atoms with Gasteiger partial charge in [0.25, 0.3) is 20.2 Å². The Morgan fingerprint density at radius 3 is 2.09 bits per heavy atom. The van der Waals surface area contributed by atoms with Crippen molar-refractivity contribution in [3.05, 3.63) is 94.6 Å². The van der Waals surface area contributed by atoms with Crippen LogP contribution in [0.2, 0.25) is 0 Å². The van der Waals surface area contributed by atoms with E-state index in [-0.39, 0.29) is 22.2 Å². The lowest BCUT2D eigenvalue weighted by atomic mass is 9.97. The summed E-state index contributed by atoms with van der Waals surface area (Å²) in [5.74, 6) is 0.120. The van der Waals surface area contributed by atoms with Crippen molar-refractivity contribution in [3.8, 4) is 5.75 Å². The molecule has 34 heavy (non-hydrogen) atoms. The smallest absolute Gasteiger partial charge is 0.294 e. The summed E-state index contributed by atoms with van der Waals surface area (Å²) < 4.78 is 64.7. The summed E-state index contributed by atoms with van der Waals surface area (Å²) in [6.07, 6.45) is 4.39. The zero-order valence-corrected chi connectivity index (χ0v) is 21.0. The van der Waals surface area contributed by atoms with Crippen molar-refractivity contribution in [2.75, 3.05) is 0 Å². The van der Waals surface area contributed by atoms with E-state index < -0.39 is 20.2 Å². The highest BCUT2D eigenvalue weighted by molar-refractivity contribution is 7.88. The summed E-state index contributed by atoms with van der Waals surface area (Å²) in [5.41, 5.74) is 3.59. The molecule has 2 aromatic rings. The van der Waals surface area contributed by atoms with Crippen LogP contribution in [0.1, 0.15) is 41.8 Å². The van der Waals surface area contributed by atoms with E-state index in [9.17, 15) is 21.6 Å². The number of ketones is 1. The van der Waals surface area contributed by atoms with Gasteiger partial charge in [-0.05, 0) is 63.1 Å². The van der Waals surface area contributed by atoms with Gasteiger partial charge in [-0.2, -0.15) is 16.8 Å². The summed E-state index contributed by atoms with van der Waals surface area (Å²) in [4.78, 5) is 11.9. The highest BCUT2D eigenvalue weighted by Gasteiger charge is 2.12. The van der Waals surface area contributed by atoms with Gasteiger partial charge in [-0.25, -0.2) is 0 Å². The fourth-order valence-electron chi connectivity index (χ4n) is 2.72. The molecule has 2 N–H and O–H groups in total. The third-order valence-corrected chi connectivity index (χ3v) is 5.76. The molecule has 0 saturated heterocycles. The number of hydrogen-bond acceptors (Lipinski definition) is 6. The molecule has 0 saturated carbocycles. The van der Waals surface area contributed by atoms with E-state index >= 15 is 0 Å². The largest absolute Gasteiger partial charge is 0.461 e. The minimum Gasteiger partial charge on any atom is -0.461 e. The fraction of sp³-hybridized carbons (Fsp3) is 0.208. The molecule has 0 radical (unpaired) electrons. The highest BCUT2D eigenvalue weighted by atomic mass is 32.2. The first-order valence-electron chi connectivity index (χ1n) is 10.0. The second kappa shape index (κ2) is 12.4.